The van der Waals surface area contributed by atoms with Gasteiger partial charge in [0.05, 0.1) is 10.2 Å². The van der Waals surface area contributed by atoms with Crippen LogP contribution in [0.5, 0.6) is 0 Å². The number of para-hydroxylation sites is 1. The lowest BCUT2D eigenvalue weighted by atomic mass is 10.2. The number of rotatable bonds is 4. The summed E-state index contributed by atoms with van der Waals surface area (Å²) in [6.07, 6.45) is 4.65. The number of hydrogen-bond donors (Lipinski definition) is 0. The van der Waals surface area contributed by atoms with Crippen LogP contribution in [0.1, 0.15) is 19.8 Å². The van der Waals surface area contributed by atoms with Crippen LogP contribution in [0.3, 0.4) is 0 Å². The van der Waals surface area contributed by atoms with Crippen molar-refractivity contribution in [2.45, 2.75) is 19.8 Å². The lowest BCUT2D eigenvalue weighted by Gasteiger charge is -1.99. The van der Waals surface area contributed by atoms with Crippen LogP contribution in [0, 0.1) is 0 Å². The second-order valence-electron chi connectivity index (χ2n) is 3.73. The van der Waals surface area contributed by atoms with E-state index in [9.17, 15) is 0 Å². The van der Waals surface area contributed by atoms with Crippen LogP contribution in [-0.4, -0.2) is 5.75 Å². The van der Waals surface area contributed by atoms with E-state index < -0.39 is 0 Å². The topological polar surface area (TPSA) is 3.88 Å². The number of benzene rings is 1. The number of aromatic nitrogens is 1. The summed E-state index contributed by atoms with van der Waals surface area (Å²) in [5.74, 6) is 1.17. The van der Waals surface area contributed by atoms with Crippen LogP contribution in [-0.2, 0) is 0 Å². The fourth-order valence-electron chi connectivity index (χ4n) is 1.59. The Balaban J connectivity index is 2.34. The minimum absolute atomic E-state index is 1.13. The molecule has 0 aliphatic carbocycles. The Kier molecular flexibility index (Phi) is 4.24. The Morgan fingerprint density at radius 3 is 2.94 bits per heavy atom. The maximum absolute atomic E-state index is 3.56. The number of hydrogen-bond acceptors (Lipinski definition) is 1. The maximum Gasteiger partial charge on any atom is 0.226 e. The molecule has 0 fully saturated rings. The minimum atomic E-state index is 1.13. The van der Waals surface area contributed by atoms with Gasteiger partial charge in [-0.05, 0) is 34.5 Å². The van der Waals surface area contributed by atoms with Crippen LogP contribution in [0.2, 0.25) is 0 Å². The van der Waals surface area contributed by atoms with Crippen LogP contribution < -0.4 is 3.97 Å². The molecule has 0 spiro atoms. The van der Waals surface area contributed by atoms with Crippen molar-refractivity contribution in [2.24, 2.45) is 0 Å². The van der Waals surface area contributed by atoms with Crippen LogP contribution in [0.4, 0.5) is 0 Å². The molecule has 16 heavy (non-hydrogen) atoms. The molecular weight excluding hydrogens is 282 g/mol. The lowest BCUT2D eigenvalue weighted by molar-refractivity contribution is -0.464. The third-order valence-electron chi connectivity index (χ3n) is 2.44. The van der Waals surface area contributed by atoms with Gasteiger partial charge in [0.1, 0.15) is 0 Å². The Morgan fingerprint density at radius 2 is 2.12 bits per heavy atom. The van der Waals surface area contributed by atoms with E-state index in [4.69, 9.17) is 0 Å². The molecule has 0 saturated heterocycles. The molecule has 0 aliphatic rings. The summed E-state index contributed by atoms with van der Waals surface area (Å²) in [7, 11) is 0. The predicted molar refractivity (Wildman–Crippen MR) is 74.6 cm³/mol. The number of unbranched alkanes of at least 4 members (excludes halogenated alkanes) is 1. The average Bonchev–Trinajstić information content (AvgIpc) is 2.29. The number of pyridine rings is 1. The third kappa shape index (κ3) is 2.77. The number of fused-ring (bicyclic) bond motifs is 1. The van der Waals surface area contributed by atoms with E-state index in [2.05, 4.69) is 63.4 Å². The molecule has 84 valence electrons. The Labute approximate surface area is 109 Å². The first-order valence-corrected chi connectivity index (χ1v) is 7.28. The molecule has 1 aromatic carbocycles. The first-order chi connectivity index (χ1) is 7.81. The standard InChI is InChI=1S/C13H15BrNS/c1-2-3-8-16-15-10-12(14)9-11-6-4-5-7-13(11)15/h4-7,9-10H,2-3,8H2,1H3/q+1. The normalized spacial score (nSPS) is 10.9. The number of halogens is 1. The van der Waals surface area contributed by atoms with Crippen molar-refractivity contribution < 1.29 is 3.97 Å². The van der Waals surface area contributed by atoms with E-state index in [-0.39, 0.29) is 0 Å². The molecule has 0 N–H and O–H groups in total. The monoisotopic (exact) mass is 296 g/mol. The summed E-state index contributed by atoms with van der Waals surface area (Å²) in [4.78, 5) is 0. The Bertz CT molecular complexity index is 484. The van der Waals surface area contributed by atoms with Gasteiger partial charge in [-0.2, -0.15) is 0 Å². The minimum Gasteiger partial charge on any atom is -0.125 e. The lowest BCUT2D eigenvalue weighted by Crippen LogP contribution is -2.26. The van der Waals surface area contributed by atoms with Crippen molar-refractivity contribution in [1.82, 2.24) is 0 Å². The fraction of sp³-hybridized carbons (Fsp3) is 0.308. The first kappa shape index (κ1) is 11.9. The molecule has 0 amide bonds. The highest BCUT2D eigenvalue weighted by atomic mass is 79.9. The van der Waals surface area contributed by atoms with Crippen LogP contribution in [0.25, 0.3) is 10.9 Å². The molecule has 1 aromatic heterocycles. The molecule has 1 nitrogen and oxygen atoms in total. The molecule has 2 rings (SSSR count). The summed E-state index contributed by atoms with van der Waals surface area (Å²) in [6.45, 7) is 2.23. The van der Waals surface area contributed by atoms with Gasteiger partial charge < -0.3 is 0 Å². The summed E-state index contributed by atoms with van der Waals surface area (Å²) in [6, 6.07) is 10.6. The van der Waals surface area contributed by atoms with Gasteiger partial charge >= 0.3 is 0 Å². The van der Waals surface area contributed by atoms with Gasteiger partial charge in [-0.3, -0.25) is 0 Å². The third-order valence-corrected chi connectivity index (χ3v) is 3.92. The molecule has 0 aliphatic heterocycles. The molecular formula is C13H15BrNS+. The average molecular weight is 297 g/mol. The molecule has 1 heterocycles. The van der Waals surface area contributed by atoms with E-state index in [1.807, 2.05) is 11.9 Å². The summed E-state index contributed by atoms with van der Waals surface area (Å²) < 4.78 is 3.39. The second-order valence-corrected chi connectivity index (χ2v) is 5.71. The molecule has 0 bridgehead atoms. The van der Waals surface area contributed by atoms with E-state index >= 15 is 0 Å². The van der Waals surface area contributed by atoms with E-state index in [0.717, 1.165) is 4.47 Å². The van der Waals surface area contributed by atoms with Crippen molar-refractivity contribution in [3.63, 3.8) is 0 Å². The SMILES string of the molecule is CCCCS[n+]1cc(Br)cc2ccccc21. The van der Waals surface area contributed by atoms with Gasteiger partial charge in [-0.15, -0.1) is 3.97 Å². The second kappa shape index (κ2) is 5.69. The van der Waals surface area contributed by atoms with Crippen molar-refractivity contribution in [1.29, 1.82) is 0 Å². The predicted octanol–water partition coefficient (Wildman–Crippen LogP) is 4.19. The zero-order valence-electron chi connectivity index (χ0n) is 9.32. The van der Waals surface area contributed by atoms with Gasteiger partial charge in [0, 0.05) is 11.5 Å². The highest BCUT2D eigenvalue weighted by Gasteiger charge is 2.11. The molecule has 0 atom stereocenters. The molecule has 0 radical (unpaired) electrons. The zero-order valence-corrected chi connectivity index (χ0v) is 11.7. The quantitative estimate of drug-likeness (QED) is 0.604. The Hall–Kier alpha value is -0.540. The van der Waals surface area contributed by atoms with Gasteiger partial charge in [0.25, 0.3) is 0 Å². The molecule has 2 aromatic rings. The van der Waals surface area contributed by atoms with Crippen molar-refractivity contribution in [3.8, 4) is 0 Å². The molecule has 0 unspecified atom stereocenters. The zero-order chi connectivity index (χ0) is 11.4. The van der Waals surface area contributed by atoms with Gasteiger partial charge in [0.2, 0.25) is 5.52 Å². The first-order valence-electron chi connectivity index (χ1n) is 5.54. The number of nitrogens with zero attached hydrogens (tertiary/aromatic N) is 1. The van der Waals surface area contributed by atoms with E-state index in [0.29, 0.717) is 0 Å². The van der Waals surface area contributed by atoms with Crippen molar-refractivity contribution in [2.75, 3.05) is 5.75 Å². The largest absolute Gasteiger partial charge is 0.226 e. The fourth-order valence-corrected chi connectivity index (χ4v) is 3.29. The molecule has 0 saturated carbocycles. The highest BCUT2D eigenvalue weighted by molar-refractivity contribution is 9.10. The van der Waals surface area contributed by atoms with Crippen LogP contribution in [0.15, 0.2) is 41.0 Å². The van der Waals surface area contributed by atoms with Gasteiger partial charge in [-0.25, -0.2) is 0 Å². The summed E-state index contributed by atoms with van der Waals surface area (Å²) in [5.41, 5.74) is 1.28. The smallest absolute Gasteiger partial charge is 0.125 e. The van der Waals surface area contributed by atoms with Gasteiger partial charge in [-0.1, -0.05) is 25.5 Å². The van der Waals surface area contributed by atoms with Crippen molar-refractivity contribution >= 4 is 38.8 Å². The maximum atomic E-state index is 3.56. The highest BCUT2D eigenvalue weighted by Crippen LogP contribution is 2.17. The summed E-state index contributed by atoms with van der Waals surface area (Å²) in [5, 5.41) is 1.28. The van der Waals surface area contributed by atoms with Crippen molar-refractivity contribution in [3.05, 3.63) is 41.0 Å². The van der Waals surface area contributed by atoms with Crippen LogP contribution >= 0.6 is 27.9 Å². The Morgan fingerprint density at radius 1 is 1.31 bits per heavy atom. The summed E-state index contributed by atoms with van der Waals surface area (Å²) >= 11 is 5.43. The molecule has 3 heteroatoms. The van der Waals surface area contributed by atoms with Gasteiger partial charge in [0.15, 0.2) is 18.1 Å². The van der Waals surface area contributed by atoms with E-state index in [1.54, 1.807) is 0 Å². The van der Waals surface area contributed by atoms with E-state index in [1.165, 1.54) is 29.5 Å².